The maximum Gasteiger partial charge on any atom is 0.232 e. The van der Waals surface area contributed by atoms with Gasteiger partial charge in [0.2, 0.25) is 11.9 Å². The number of rotatable bonds is 8. The zero-order valence-corrected chi connectivity index (χ0v) is 18.3. The number of aromatic nitrogens is 3. The Balaban J connectivity index is 1.28. The van der Waals surface area contributed by atoms with Crippen LogP contribution in [0.1, 0.15) is 11.4 Å². The Morgan fingerprint density at radius 3 is 2.38 bits per heavy atom. The third kappa shape index (κ3) is 6.26. The van der Waals surface area contributed by atoms with Gasteiger partial charge in [0.15, 0.2) is 0 Å². The van der Waals surface area contributed by atoms with Crippen molar-refractivity contribution < 1.29 is 4.74 Å². The molecule has 32 heavy (non-hydrogen) atoms. The van der Waals surface area contributed by atoms with E-state index in [1.807, 2.05) is 30.3 Å². The minimum atomic E-state index is 0.218. The first-order valence-electron chi connectivity index (χ1n) is 10.8. The zero-order valence-electron chi connectivity index (χ0n) is 18.3. The second-order valence-corrected chi connectivity index (χ2v) is 7.68. The summed E-state index contributed by atoms with van der Waals surface area (Å²) in [7, 11) is 1.64. The largest absolute Gasteiger partial charge is 0.497 e. The van der Waals surface area contributed by atoms with Gasteiger partial charge in [-0.25, -0.2) is 0 Å². The van der Waals surface area contributed by atoms with Crippen molar-refractivity contribution in [2.24, 2.45) is 0 Å². The monoisotopic (exact) mass is 431 g/mol. The molecule has 1 aliphatic rings. The van der Waals surface area contributed by atoms with Gasteiger partial charge in [0.25, 0.3) is 0 Å². The molecule has 0 amide bonds. The molecule has 2 aromatic carbocycles. The van der Waals surface area contributed by atoms with Gasteiger partial charge < -0.3 is 15.8 Å². The van der Waals surface area contributed by atoms with Gasteiger partial charge in [-0.05, 0) is 29.8 Å². The normalized spacial score (nSPS) is 15.2. The quantitative estimate of drug-likeness (QED) is 0.562. The van der Waals surface area contributed by atoms with Crippen LogP contribution in [0.15, 0.2) is 60.7 Å². The third-order valence-electron chi connectivity index (χ3n) is 5.35. The van der Waals surface area contributed by atoms with Gasteiger partial charge in [-0.3, -0.25) is 9.80 Å². The molecular weight excluding hydrogens is 402 g/mol. The first-order valence-corrected chi connectivity index (χ1v) is 10.8. The van der Waals surface area contributed by atoms with Gasteiger partial charge >= 0.3 is 0 Å². The highest BCUT2D eigenvalue weighted by atomic mass is 16.5. The van der Waals surface area contributed by atoms with E-state index < -0.39 is 0 Å². The standard InChI is InChI=1S/C24H29N7O/c1-32-21-11-9-20(10-12-21)26-24-28-22(27-23(25)29-24)18-31-16-14-30(15-17-31)13-5-8-19-6-3-2-4-7-19/h2-12H,13-18H2,1H3,(H3,25,26,27,28,29)/b8-5+. The molecule has 1 saturated heterocycles. The van der Waals surface area contributed by atoms with Crippen molar-refractivity contribution in [3.63, 3.8) is 0 Å². The molecule has 0 unspecified atom stereocenters. The smallest absolute Gasteiger partial charge is 0.232 e. The summed E-state index contributed by atoms with van der Waals surface area (Å²) in [4.78, 5) is 17.9. The summed E-state index contributed by atoms with van der Waals surface area (Å²) in [5.41, 5.74) is 8.03. The van der Waals surface area contributed by atoms with Crippen LogP contribution in [0.2, 0.25) is 0 Å². The Morgan fingerprint density at radius 2 is 1.66 bits per heavy atom. The fraction of sp³-hybridized carbons (Fsp3) is 0.292. The fourth-order valence-corrected chi connectivity index (χ4v) is 3.60. The summed E-state index contributed by atoms with van der Waals surface area (Å²) in [5.74, 6) is 2.13. The molecule has 0 aliphatic carbocycles. The maximum atomic E-state index is 5.93. The van der Waals surface area contributed by atoms with Crippen molar-refractivity contribution in [1.29, 1.82) is 0 Å². The highest BCUT2D eigenvalue weighted by Crippen LogP contribution is 2.18. The van der Waals surface area contributed by atoms with Crippen molar-refractivity contribution >= 4 is 23.7 Å². The molecule has 0 radical (unpaired) electrons. The van der Waals surface area contributed by atoms with Crippen molar-refractivity contribution in [2.45, 2.75) is 6.54 Å². The number of nitrogens with two attached hydrogens (primary N) is 1. The van der Waals surface area contributed by atoms with Gasteiger partial charge in [-0.2, -0.15) is 15.0 Å². The van der Waals surface area contributed by atoms with E-state index in [9.17, 15) is 0 Å². The van der Waals surface area contributed by atoms with E-state index in [2.05, 4.69) is 66.5 Å². The van der Waals surface area contributed by atoms with Gasteiger partial charge in [0, 0.05) is 38.4 Å². The van der Waals surface area contributed by atoms with Crippen LogP contribution in [0, 0.1) is 0 Å². The Labute approximate surface area is 188 Å². The summed E-state index contributed by atoms with van der Waals surface area (Å²) in [5, 5.41) is 3.19. The predicted molar refractivity (Wildman–Crippen MR) is 128 cm³/mol. The lowest BCUT2D eigenvalue weighted by Gasteiger charge is -2.33. The highest BCUT2D eigenvalue weighted by Gasteiger charge is 2.17. The van der Waals surface area contributed by atoms with Crippen molar-refractivity contribution in [3.8, 4) is 5.75 Å². The molecule has 8 nitrogen and oxygen atoms in total. The molecule has 0 bridgehead atoms. The number of nitrogen functional groups attached to an aromatic ring is 1. The SMILES string of the molecule is COc1ccc(Nc2nc(N)nc(CN3CCN(C/C=C/c4ccccc4)CC3)n2)cc1. The molecule has 0 atom stereocenters. The number of anilines is 3. The van der Waals surface area contributed by atoms with E-state index in [4.69, 9.17) is 10.5 Å². The molecule has 166 valence electrons. The first-order chi connectivity index (χ1) is 15.7. The third-order valence-corrected chi connectivity index (χ3v) is 5.35. The lowest BCUT2D eigenvalue weighted by Crippen LogP contribution is -2.46. The molecule has 3 N–H and O–H groups in total. The Hall–Kier alpha value is -3.49. The van der Waals surface area contributed by atoms with Gasteiger partial charge in [-0.15, -0.1) is 0 Å². The van der Waals surface area contributed by atoms with Crippen molar-refractivity contribution in [2.75, 3.05) is 50.9 Å². The maximum absolute atomic E-state index is 5.93. The molecule has 1 fully saturated rings. The van der Waals surface area contributed by atoms with Crippen LogP contribution in [0.5, 0.6) is 5.75 Å². The number of nitrogens with zero attached hydrogens (tertiary/aromatic N) is 5. The van der Waals surface area contributed by atoms with Crippen LogP contribution in [0.25, 0.3) is 6.08 Å². The molecule has 1 aliphatic heterocycles. The highest BCUT2D eigenvalue weighted by molar-refractivity contribution is 5.55. The molecule has 0 spiro atoms. The average molecular weight is 432 g/mol. The van der Waals surface area contributed by atoms with Crippen LogP contribution in [0.4, 0.5) is 17.6 Å². The molecule has 1 aromatic heterocycles. The lowest BCUT2D eigenvalue weighted by atomic mass is 10.2. The molecule has 2 heterocycles. The predicted octanol–water partition coefficient (Wildman–Crippen LogP) is 3.04. The van der Waals surface area contributed by atoms with Crippen LogP contribution in [0.3, 0.4) is 0 Å². The van der Waals surface area contributed by atoms with Crippen molar-refractivity contribution in [3.05, 3.63) is 72.1 Å². The Kier molecular flexibility index (Phi) is 7.27. The number of ether oxygens (including phenoxy) is 1. The minimum absolute atomic E-state index is 0.218. The Bertz CT molecular complexity index is 1020. The van der Waals surface area contributed by atoms with Crippen LogP contribution in [-0.4, -0.2) is 64.6 Å². The topological polar surface area (TPSA) is 92.4 Å². The molecule has 8 heteroatoms. The lowest BCUT2D eigenvalue weighted by molar-refractivity contribution is 0.134. The Morgan fingerprint density at radius 1 is 0.938 bits per heavy atom. The molecule has 3 aromatic rings. The summed E-state index contributed by atoms with van der Waals surface area (Å²) < 4.78 is 5.19. The van der Waals surface area contributed by atoms with Crippen LogP contribution >= 0.6 is 0 Å². The summed E-state index contributed by atoms with van der Waals surface area (Å²) >= 11 is 0. The molecule has 0 saturated carbocycles. The van der Waals surface area contributed by atoms with E-state index in [0.29, 0.717) is 18.3 Å². The zero-order chi connectivity index (χ0) is 22.2. The van der Waals surface area contributed by atoms with E-state index in [1.165, 1.54) is 5.56 Å². The van der Waals surface area contributed by atoms with E-state index in [-0.39, 0.29) is 5.95 Å². The number of nitrogens with one attached hydrogen (secondary N) is 1. The van der Waals surface area contributed by atoms with E-state index in [1.54, 1.807) is 7.11 Å². The minimum Gasteiger partial charge on any atom is -0.497 e. The van der Waals surface area contributed by atoms with E-state index in [0.717, 1.165) is 44.2 Å². The average Bonchev–Trinajstić information content (AvgIpc) is 2.81. The fourth-order valence-electron chi connectivity index (χ4n) is 3.60. The number of benzene rings is 2. The van der Waals surface area contributed by atoms with Crippen LogP contribution in [-0.2, 0) is 6.54 Å². The number of hydrogen-bond acceptors (Lipinski definition) is 8. The second kappa shape index (κ2) is 10.7. The van der Waals surface area contributed by atoms with Gasteiger partial charge in [-0.1, -0.05) is 42.5 Å². The number of hydrogen-bond donors (Lipinski definition) is 2. The summed E-state index contributed by atoms with van der Waals surface area (Å²) in [6.07, 6.45) is 4.41. The van der Waals surface area contributed by atoms with Gasteiger partial charge in [0.1, 0.15) is 11.6 Å². The van der Waals surface area contributed by atoms with Crippen LogP contribution < -0.4 is 15.8 Å². The summed E-state index contributed by atoms with van der Waals surface area (Å²) in [6, 6.07) is 18.0. The van der Waals surface area contributed by atoms with E-state index >= 15 is 0 Å². The number of methoxy groups -OCH3 is 1. The van der Waals surface area contributed by atoms with Crippen molar-refractivity contribution in [1.82, 2.24) is 24.8 Å². The second-order valence-electron chi connectivity index (χ2n) is 7.68. The molecule has 4 rings (SSSR count). The number of piperazine rings is 1. The molecular formula is C24H29N7O. The van der Waals surface area contributed by atoms with Gasteiger partial charge in [0.05, 0.1) is 13.7 Å². The first kappa shape index (κ1) is 21.7. The summed E-state index contributed by atoms with van der Waals surface area (Å²) in [6.45, 7) is 5.56.